The lowest BCUT2D eigenvalue weighted by Crippen LogP contribution is -2.38. The molecule has 5 heteroatoms. The number of rotatable bonds is 4. The molecule has 2 rings (SSSR count). The highest BCUT2D eigenvalue weighted by Gasteiger charge is 2.24. The lowest BCUT2D eigenvalue weighted by Gasteiger charge is -2.30. The van der Waals surface area contributed by atoms with Crippen molar-refractivity contribution in [2.45, 2.75) is 18.9 Å². The minimum Gasteiger partial charge on any atom is -0.493 e. The molecule has 1 aliphatic rings. The van der Waals surface area contributed by atoms with Crippen molar-refractivity contribution in [3.8, 4) is 11.5 Å². The van der Waals surface area contributed by atoms with Crippen LogP contribution < -0.4 is 9.47 Å². The number of likely N-dealkylation sites (N-methyl/N-ethyl adjacent to an activating group) is 1. The van der Waals surface area contributed by atoms with Gasteiger partial charge in [-0.2, -0.15) is 0 Å². The van der Waals surface area contributed by atoms with E-state index in [1.165, 1.54) is 7.11 Å². The molecule has 0 spiro atoms. The molecule has 0 bridgehead atoms. The Balaban J connectivity index is 2.26. The van der Waals surface area contributed by atoms with E-state index < -0.39 is 5.97 Å². The molecule has 0 aromatic heterocycles. The average molecular weight is 279 g/mol. The maximum Gasteiger partial charge on any atom is 0.341 e. The van der Waals surface area contributed by atoms with Crippen LogP contribution in [-0.2, 0) is 4.74 Å². The highest BCUT2D eigenvalue weighted by molar-refractivity contribution is 5.93. The lowest BCUT2D eigenvalue weighted by atomic mass is 10.1. The largest absolute Gasteiger partial charge is 0.493 e. The predicted octanol–water partition coefficient (Wildman–Crippen LogP) is 1.95. The Morgan fingerprint density at radius 3 is 2.80 bits per heavy atom. The zero-order valence-electron chi connectivity index (χ0n) is 12.2. The molecule has 1 unspecified atom stereocenters. The summed E-state index contributed by atoms with van der Waals surface area (Å²) in [6.07, 6.45) is 2.13. The van der Waals surface area contributed by atoms with Gasteiger partial charge in [0.25, 0.3) is 0 Å². The van der Waals surface area contributed by atoms with Gasteiger partial charge in [-0.3, -0.25) is 0 Å². The van der Waals surface area contributed by atoms with E-state index in [-0.39, 0.29) is 6.10 Å². The van der Waals surface area contributed by atoms with E-state index in [1.807, 2.05) is 0 Å². The summed E-state index contributed by atoms with van der Waals surface area (Å²) in [5.41, 5.74) is 0.403. The lowest BCUT2D eigenvalue weighted by molar-refractivity contribution is 0.0582. The van der Waals surface area contributed by atoms with Gasteiger partial charge in [0.15, 0.2) is 11.5 Å². The van der Waals surface area contributed by atoms with Gasteiger partial charge < -0.3 is 19.1 Å². The van der Waals surface area contributed by atoms with Crippen LogP contribution in [0.3, 0.4) is 0 Å². The predicted molar refractivity (Wildman–Crippen MR) is 75.5 cm³/mol. The molecule has 1 aromatic rings. The molecule has 0 aliphatic carbocycles. The monoisotopic (exact) mass is 279 g/mol. The first-order valence-electron chi connectivity index (χ1n) is 6.76. The number of esters is 1. The van der Waals surface area contributed by atoms with Crippen molar-refractivity contribution in [2.75, 3.05) is 34.4 Å². The number of hydrogen-bond acceptors (Lipinski definition) is 5. The van der Waals surface area contributed by atoms with E-state index >= 15 is 0 Å². The summed E-state index contributed by atoms with van der Waals surface area (Å²) in [6.45, 7) is 1.92. The van der Waals surface area contributed by atoms with E-state index in [0.29, 0.717) is 17.1 Å². The van der Waals surface area contributed by atoms with Crippen molar-refractivity contribution >= 4 is 5.97 Å². The Kier molecular flexibility index (Phi) is 4.84. The van der Waals surface area contributed by atoms with Crippen LogP contribution in [0.15, 0.2) is 18.2 Å². The average Bonchev–Trinajstić information content (AvgIpc) is 2.46. The van der Waals surface area contributed by atoms with E-state index in [4.69, 9.17) is 14.2 Å². The zero-order chi connectivity index (χ0) is 14.5. The SMILES string of the molecule is COC(=O)c1cccc(OC)c1OC1CCCN(C)C1. The summed E-state index contributed by atoms with van der Waals surface area (Å²) in [5.74, 6) is 0.617. The van der Waals surface area contributed by atoms with Crippen molar-refractivity contribution < 1.29 is 19.0 Å². The quantitative estimate of drug-likeness (QED) is 0.788. The number of likely N-dealkylation sites (tertiary alicyclic amines) is 1. The number of carbonyl (C=O) groups excluding carboxylic acids is 1. The molecule has 1 saturated heterocycles. The van der Waals surface area contributed by atoms with Crippen LogP contribution in [0.5, 0.6) is 11.5 Å². The molecule has 5 nitrogen and oxygen atoms in total. The summed E-state index contributed by atoms with van der Waals surface area (Å²) in [7, 11) is 5.00. The molecule has 1 aromatic carbocycles. The Labute approximate surface area is 119 Å². The second-order valence-corrected chi connectivity index (χ2v) is 4.97. The molecule has 0 saturated carbocycles. The topological polar surface area (TPSA) is 48.0 Å². The van der Waals surface area contributed by atoms with Gasteiger partial charge in [0.05, 0.1) is 14.2 Å². The Bertz CT molecular complexity index is 475. The van der Waals surface area contributed by atoms with Crippen LogP contribution in [-0.4, -0.2) is 51.3 Å². The zero-order valence-corrected chi connectivity index (χ0v) is 12.2. The summed E-state index contributed by atoms with van der Waals surface area (Å²) in [4.78, 5) is 14.1. The van der Waals surface area contributed by atoms with E-state index in [1.54, 1.807) is 25.3 Å². The van der Waals surface area contributed by atoms with Gasteiger partial charge in [0.2, 0.25) is 0 Å². The summed E-state index contributed by atoms with van der Waals surface area (Å²) < 4.78 is 16.1. The molecule has 0 radical (unpaired) electrons. The van der Waals surface area contributed by atoms with Crippen molar-refractivity contribution in [1.29, 1.82) is 0 Å². The number of piperidine rings is 1. The molecule has 0 amide bonds. The van der Waals surface area contributed by atoms with Gasteiger partial charge in [0.1, 0.15) is 11.7 Å². The van der Waals surface area contributed by atoms with Gasteiger partial charge >= 0.3 is 5.97 Å². The van der Waals surface area contributed by atoms with Gasteiger partial charge in [-0.15, -0.1) is 0 Å². The van der Waals surface area contributed by atoms with Crippen molar-refractivity contribution in [2.24, 2.45) is 0 Å². The highest BCUT2D eigenvalue weighted by Crippen LogP contribution is 2.33. The normalized spacial score (nSPS) is 19.4. The second kappa shape index (κ2) is 6.61. The number of hydrogen-bond donors (Lipinski definition) is 0. The number of carbonyl (C=O) groups is 1. The fourth-order valence-electron chi connectivity index (χ4n) is 2.45. The number of para-hydroxylation sites is 1. The first-order valence-corrected chi connectivity index (χ1v) is 6.76. The van der Waals surface area contributed by atoms with Crippen LogP contribution >= 0.6 is 0 Å². The Morgan fingerprint density at radius 2 is 2.15 bits per heavy atom. The maximum absolute atomic E-state index is 11.8. The minimum atomic E-state index is -0.414. The van der Waals surface area contributed by atoms with Crippen LogP contribution in [0.1, 0.15) is 23.2 Å². The molecular formula is C15H21NO4. The second-order valence-electron chi connectivity index (χ2n) is 4.97. The molecule has 1 fully saturated rings. The van der Waals surface area contributed by atoms with E-state index in [9.17, 15) is 4.79 Å². The van der Waals surface area contributed by atoms with Crippen molar-refractivity contribution in [1.82, 2.24) is 4.90 Å². The number of ether oxygens (including phenoxy) is 3. The third-order valence-electron chi connectivity index (χ3n) is 3.47. The molecule has 110 valence electrons. The standard InChI is InChI=1S/C15H21NO4/c1-16-9-5-6-11(10-16)20-14-12(15(17)19-3)7-4-8-13(14)18-2/h4,7-8,11H,5-6,9-10H2,1-3H3. The van der Waals surface area contributed by atoms with Gasteiger partial charge in [-0.05, 0) is 38.6 Å². The Morgan fingerprint density at radius 1 is 1.35 bits per heavy atom. The van der Waals surface area contributed by atoms with Crippen LogP contribution in [0.25, 0.3) is 0 Å². The first-order chi connectivity index (χ1) is 9.65. The van der Waals surface area contributed by atoms with Crippen LogP contribution in [0.4, 0.5) is 0 Å². The third kappa shape index (κ3) is 3.22. The van der Waals surface area contributed by atoms with Gasteiger partial charge in [-0.1, -0.05) is 6.07 Å². The van der Waals surface area contributed by atoms with Gasteiger partial charge in [0, 0.05) is 6.54 Å². The van der Waals surface area contributed by atoms with Crippen molar-refractivity contribution in [3.63, 3.8) is 0 Å². The molecular weight excluding hydrogens is 258 g/mol. The molecule has 0 N–H and O–H groups in total. The molecule has 20 heavy (non-hydrogen) atoms. The maximum atomic E-state index is 11.8. The first kappa shape index (κ1) is 14.7. The summed E-state index contributed by atoms with van der Waals surface area (Å²) >= 11 is 0. The smallest absolute Gasteiger partial charge is 0.341 e. The van der Waals surface area contributed by atoms with Crippen molar-refractivity contribution in [3.05, 3.63) is 23.8 Å². The molecule has 1 atom stereocenters. The summed E-state index contributed by atoms with van der Waals surface area (Å²) in [6, 6.07) is 5.23. The third-order valence-corrected chi connectivity index (χ3v) is 3.47. The van der Waals surface area contributed by atoms with Gasteiger partial charge in [-0.25, -0.2) is 4.79 Å². The fourth-order valence-corrected chi connectivity index (χ4v) is 2.45. The number of benzene rings is 1. The van der Waals surface area contributed by atoms with Crippen LogP contribution in [0, 0.1) is 0 Å². The molecule has 1 heterocycles. The van der Waals surface area contributed by atoms with Crippen LogP contribution in [0.2, 0.25) is 0 Å². The minimum absolute atomic E-state index is 0.0634. The fraction of sp³-hybridized carbons (Fsp3) is 0.533. The van der Waals surface area contributed by atoms with E-state index in [2.05, 4.69) is 11.9 Å². The molecule has 1 aliphatic heterocycles. The summed E-state index contributed by atoms with van der Waals surface area (Å²) in [5, 5.41) is 0. The Hall–Kier alpha value is -1.75. The number of nitrogens with zero attached hydrogens (tertiary/aromatic N) is 1. The number of methoxy groups -OCH3 is 2. The van der Waals surface area contributed by atoms with E-state index in [0.717, 1.165) is 25.9 Å². The highest BCUT2D eigenvalue weighted by atomic mass is 16.5.